The molecule has 0 radical (unpaired) electrons. The van der Waals surface area contributed by atoms with Crippen molar-refractivity contribution in [3.8, 4) is 17.0 Å². The molecule has 0 bridgehead atoms. The van der Waals surface area contributed by atoms with Crippen molar-refractivity contribution < 1.29 is 23.5 Å². The number of carbonyl (C=O) groups excluding carboxylic acids is 2. The average Bonchev–Trinajstić information content (AvgIpc) is 2.71. The second kappa shape index (κ2) is 7.11. The molecule has 6 nitrogen and oxygen atoms in total. The van der Waals surface area contributed by atoms with Gasteiger partial charge in [0.2, 0.25) is 11.8 Å². The van der Waals surface area contributed by atoms with Crippen LogP contribution in [0.5, 0.6) is 5.88 Å². The van der Waals surface area contributed by atoms with Gasteiger partial charge in [0.1, 0.15) is 12.4 Å². The van der Waals surface area contributed by atoms with Gasteiger partial charge >= 0.3 is 5.97 Å². The summed E-state index contributed by atoms with van der Waals surface area (Å²) in [5, 5.41) is 0. The number of carbonyl (C=O) groups is 2. The van der Waals surface area contributed by atoms with E-state index < -0.39 is 17.7 Å². The van der Waals surface area contributed by atoms with E-state index in [0.717, 1.165) is 0 Å². The van der Waals surface area contributed by atoms with Crippen molar-refractivity contribution in [3.05, 3.63) is 41.8 Å². The van der Waals surface area contributed by atoms with Gasteiger partial charge in [-0.2, -0.15) is 0 Å². The van der Waals surface area contributed by atoms with E-state index in [1.54, 1.807) is 26.0 Å². The van der Waals surface area contributed by atoms with Crippen LogP contribution in [0.2, 0.25) is 0 Å². The highest BCUT2D eigenvalue weighted by atomic mass is 19.1. The molecule has 1 aliphatic heterocycles. The predicted octanol–water partition coefficient (Wildman–Crippen LogP) is 2.91. The van der Waals surface area contributed by atoms with Crippen molar-refractivity contribution in [1.29, 1.82) is 0 Å². The fourth-order valence-electron chi connectivity index (χ4n) is 3.17. The average molecular weight is 358 g/mol. The summed E-state index contributed by atoms with van der Waals surface area (Å²) in [4.78, 5) is 30.7. The highest BCUT2D eigenvalue weighted by Gasteiger charge is 2.34. The van der Waals surface area contributed by atoms with Crippen LogP contribution in [0.15, 0.2) is 30.5 Å². The Morgan fingerprint density at radius 1 is 1.35 bits per heavy atom. The molecule has 1 atom stereocenters. The number of fused-ring (bicyclic) bond motifs is 3. The largest absolute Gasteiger partial charge is 0.480 e. The zero-order valence-electron chi connectivity index (χ0n) is 14.8. The molecular weight excluding hydrogens is 339 g/mol. The second-order valence-corrected chi connectivity index (χ2v) is 5.90. The molecule has 0 N–H and O–H groups in total. The Morgan fingerprint density at radius 3 is 2.81 bits per heavy atom. The minimum absolute atomic E-state index is 0.217. The van der Waals surface area contributed by atoms with Crippen LogP contribution in [-0.4, -0.2) is 37.1 Å². The van der Waals surface area contributed by atoms with E-state index in [2.05, 4.69) is 4.98 Å². The van der Waals surface area contributed by atoms with E-state index in [1.807, 2.05) is 0 Å². The summed E-state index contributed by atoms with van der Waals surface area (Å²) in [5.41, 5.74) is 2.20. The number of hydrogen-bond acceptors (Lipinski definition) is 5. The predicted molar refractivity (Wildman–Crippen MR) is 93.6 cm³/mol. The highest BCUT2D eigenvalue weighted by molar-refractivity contribution is 6.08. The lowest BCUT2D eigenvalue weighted by Gasteiger charge is -2.24. The normalized spacial score (nSPS) is 15.8. The van der Waals surface area contributed by atoms with E-state index in [9.17, 15) is 14.0 Å². The quantitative estimate of drug-likeness (QED) is 0.786. The Morgan fingerprint density at radius 2 is 2.12 bits per heavy atom. The van der Waals surface area contributed by atoms with Crippen LogP contribution < -0.4 is 9.64 Å². The van der Waals surface area contributed by atoms with Gasteiger partial charge < -0.3 is 9.47 Å². The smallest absolute Gasteiger partial charge is 0.326 e. The van der Waals surface area contributed by atoms with Crippen LogP contribution in [0.1, 0.15) is 25.3 Å². The number of halogens is 1. The number of hydrogen-bond donors (Lipinski definition) is 0. The first-order valence-corrected chi connectivity index (χ1v) is 8.27. The molecule has 1 aromatic carbocycles. The lowest BCUT2D eigenvalue weighted by Crippen LogP contribution is -2.38. The minimum Gasteiger partial charge on any atom is -0.480 e. The zero-order chi connectivity index (χ0) is 18.8. The van der Waals surface area contributed by atoms with Crippen molar-refractivity contribution in [2.45, 2.75) is 19.8 Å². The number of amides is 1. The monoisotopic (exact) mass is 358 g/mol. The Kier molecular flexibility index (Phi) is 4.88. The van der Waals surface area contributed by atoms with Crippen molar-refractivity contribution in [1.82, 2.24) is 4.98 Å². The molecule has 0 saturated carbocycles. The molecule has 0 aliphatic carbocycles. The van der Waals surface area contributed by atoms with E-state index in [4.69, 9.17) is 9.47 Å². The highest BCUT2D eigenvalue weighted by Crippen LogP contribution is 2.44. The third-order valence-electron chi connectivity index (χ3n) is 4.36. The second-order valence-electron chi connectivity index (χ2n) is 5.90. The lowest BCUT2D eigenvalue weighted by molar-refractivity contribution is -0.142. The number of esters is 1. The summed E-state index contributed by atoms with van der Waals surface area (Å²) in [6.07, 6.45) is 1.50. The molecule has 136 valence electrons. The molecule has 0 fully saturated rings. The maximum Gasteiger partial charge on any atom is 0.326 e. The van der Waals surface area contributed by atoms with E-state index >= 15 is 0 Å². The number of anilines is 1. The molecule has 0 spiro atoms. The minimum atomic E-state index is -0.646. The van der Waals surface area contributed by atoms with Crippen LogP contribution in [0.4, 0.5) is 10.1 Å². The summed E-state index contributed by atoms with van der Waals surface area (Å²) < 4.78 is 24.2. The molecule has 2 aromatic rings. The number of pyridine rings is 1. The maximum atomic E-state index is 13.8. The molecule has 1 amide bonds. The molecule has 26 heavy (non-hydrogen) atoms. The fourth-order valence-corrected chi connectivity index (χ4v) is 3.17. The van der Waals surface area contributed by atoms with Gasteiger partial charge in [0.05, 0.1) is 30.9 Å². The Labute approximate surface area is 150 Å². The van der Waals surface area contributed by atoms with Gasteiger partial charge in [0.25, 0.3) is 0 Å². The van der Waals surface area contributed by atoms with Gasteiger partial charge in [-0.1, -0.05) is 6.07 Å². The molecule has 0 saturated heterocycles. The van der Waals surface area contributed by atoms with Gasteiger partial charge in [-0.25, -0.2) is 9.37 Å². The number of aromatic nitrogens is 1. The van der Waals surface area contributed by atoms with E-state index in [-0.39, 0.29) is 19.1 Å². The maximum absolute atomic E-state index is 13.8. The summed E-state index contributed by atoms with van der Waals surface area (Å²) in [5.74, 6) is -1.63. The number of nitrogens with zero attached hydrogens (tertiary/aromatic N) is 2. The topological polar surface area (TPSA) is 68.7 Å². The SMILES string of the molecule is CCOC(=O)CN1C(=O)C(C)c2cc(F)ccc2-c2c1ccnc2OC. The molecule has 2 heterocycles. The summed E-state index contributed by atoms with van der Waals surface area (Å²) in [6, 6.07) is 5.90. The fraction of sp³-hybridized carbons (Fsp3) is 0.316. The van der Waals surface area contributed by atoms with Gasteiger partial charge in [-0.15, -0.1) is 0 Å². The molecular formula is C19H19FN2O4. The molecule has 3 rings (SSSR count). The van der Waals surface area contributed by atoms with Crippen molar-refractivity contribution >= 4 is 17.6 Å². The van der Waals surface area contributed by atoms with Crippen LogP contribution >= 0.6 is 0 Å². The lowest BCUT2D eigenvalue weighted by atomic mass is 9.92. The number of rotatable bonds is 4. The summed E-state index contributed by atoms with van der Waals surface area (Å²) >= 11 is 0. The molecule has 7 heteroatoms. The first-order chi connectivity index (χ1) is 12.5. The van der Waals surface area contributed by atoms with Crippen molar-refractivity contribution in [3.63, 3.8) is 0 Å². The molecule has 1 aliphatic rings. The first-order valence-electron chi connectivity index (χ1n) is 8.27. The van der Waals surface area contributed by atoms with E-state index in [0.29, 0.717) is 28.3 Å². The van der Waals surface area contributed by atoms with Crippen LogP contribution in [-0.2, 0) is 14.3 Å². The first kappa shape index (κ1) is 17.8. The van der Waals surface area contributed by atoms with Gasteiger partial charge in [-0.3, -0.25) is 14.5 Å². The summed E-state index contributed by atoms with van der Waals surface area (Å²) in [6.45, 7) is 3.36. The Hall–Kier alpha value is -2.96. The van der Waals surface area contributed by atoms with Gasteiger partial charge in [-0.05, 0) is 43.2 Å². The van der Waals surface area contributed by atoms with E-state index in [1.165, 1.54) is 30.3 Å². The van der Waals surface area contributed by atoms with Crippen molar-refractivity contribution in [2.75, 3.05) is 25.2 Å². The standard InChI is InChI=1S/C19H19FN2O4/c1-4-26-16(23)10-22-15-7-8-21-18(25-3)17(15)13-6-5-12(20)9-14(13)11(2)19(22)24/h5-9,11H,4,10H2,1-3H3. The number of methoxy groups -OCH3 is 1. The zero-order valence-corrected chi connectivity index (χ0v) is 14.8. The third-order valence-corrected chi connectivity index (χ3v) is 4.36. The summed E-state index contributed by atoms with van der Waals surface area (Å²) in [7, 11) is 1.47. The number of ether oxygens (including phenoxy) is 2. The van der Waals surface area contributed by atoms with Crippen molar-refractivity contribution in [2.24, 2.45) is 0 Å². The van der Waals surface area contributed by atoms with Crippen LogP contribution in [0.25, 0.3) is 11.1 Å². The Bertz CT molecular complexity index is 869. The Balaban J connectivity index is 2.24. The number of benzene rings is 1. The molecule has 1 aromatic heterocycles. The van der Waals surface area contributed by atoms with Crippen LogP contribution in [0, 0.1) is 5.82 Å². The van der Waals surface area contributed by atoms with Gasteiger partial charge in [0, 0.05) is 6.20 Å². The van der Waals surface area contributed by atoms with Crippen LogP contribution in [0.3, 0.4) is 0 Å². The van der Waals surface area contributed by atoms with Gasteiger partial charge in [0.15, 0.2) is 0 Å². The third kappa shape index (κ3) is 3.00. The molecule has 1 unspecified atom stereocenters.